The Kier molecular flexibility index (Phi) is 7.25. The lowest BCUT2D eigenvalue weighted by Crippen LogP contribution is -2.38. The molecule has 0 aliphatic carbocycles. The summed E-state index contributed by atoms with van der Waals surface area (Å²) in [5.74, 6) is -0.845. The Labute approximate surface area is 121 Å². The van der Waals surface area contributed by atoms with Gasteiger partial charge in [0.25, 0.3) is 0 Å². The Morgan fingerprint density at radius 2 is 1.60 bits per heavy atom. The summed E-state index contributed by atoms with van der Waals surface area (Å²) in [4.78, 5) is 23.1. The van der Waals surface area contributed by atoms with Gasteiger partial charge in [-0.15, -0.1) is 0 Å². The highest BCUT2D eigenvalue weighted by molar-refractivity contribution is 5.87. The molecule has 0 aliphatic heterocycles. The zero-order chi connectivity index (χ0) is 15.9. The van der Waals surface area contributed by atoms with Crippen LogP contribution < -0.4 is 0 Å². The average Bonchev–Trinajstić information content (AvgIpc) is 2.34. The highest BCUT2D eigenvalue weighted by Gasteiger charge is 2.33. The van der Waals surface area contributed by atoms with Crippen molar-refractivity contribution in [2.24, 2.45) is 5.41 Å². The van der Waals surface area contributed by atoms with Crippen LogP contribution in [0.2, 0.25) is 0 Å². The van der Waals surface area contributed by atoms with E-state index < -0.39 is 17.4 Å². The molecule has 0 bridgehead atoms. The minimum atomic E-state index is -0.466. The van der Waals surface area contributed by atoms with Gasteiger partial charge in [-0.2, -0.15) is 0 Å². The molecule has 1 unspecified atom stereocenters. The molecule has 0 N–H and O–H groups in total. The Morgan fingerprint density at radius 3 is 2.00 bits per heavy atom. The third-order valence-electron chi connectivity index (χ3n) is 2.94. The quantitative estimate of drug-likeness (QED) is 0.505. The predicted molar refractivity (Wildman–Crippen MR) is 79.2 cm³/mol. The lowest BCUT2D eigenvalue weighted by atomic mass is 9.85. The smallest absolute Gasteiger partial charge is 0.333 e. The Bertz CT molecular complexity index is 393. The molecule has 20 heavy (non-hydrogen) atoms. The van der Waals surface area contributed by atoms with Gasteiger partial charge >= 0.3 is 11.9 Å². The molecule has 0 radical (unpaired) electrons. The second-order valence-corrected chi connectivity index (χ2v) is 5.81. The van der Waals surface area contributed by atoms with Crippen molar-refractivity contribution in [3.05, 3.63) is 24.3 Å². The number of carbonyl (C=O) groups is 2. The summed E-state index contributed by atoms with van der Waals surface area (Å²) in [7, 11) is 0. The maximum atomic E-state index is 11.7. The van der Waals surface area contributed by atoms with Gasteiger partial charge in [0.1, 0.15) is 12.7 Å². The van der Waals surface area contributed by atoms with Crippen molar-refractivity contribution >= 4 is 11.9 Å². The summed E-state index contributed by atoms with van der Waals surface area (Å²) in [6.07, 6.45) is 1.25. The van der Waals surface area contributed by atoms with E-state index in [1.165, 1.54) is 0 Å². The van der Waals surface area contributed by atoms with E-state index in [4.69, 9.17) is 9.47 Å². The SMILES string of the molecule is C=C(C)C(=O)OCC(C)(C)C(CCC)OC(=O)C(=C)C. The first-order valence-electron chi connectivity index (χ1n) is 6.81. The molecule has 4 nitrogen and oxygen atoms in total. The van der Waals surface area contributed by atoms with Crippen LogP contribution in [0.15, 0.2) is 24.3 Å². The van der Waals surface area contributed by atoms with E-state index in [0.717, 1.165) is 6.42 Å². The number of carbonyl (C=O) groups excluding carboxylic acids is 2. The van der Waals surface area contributed by atoms with E-state index in [-0.39, 0.29) is 12.7 Å². The number of hydrogen-bond acceptors (Lipinski definition) is 4. The molecule has 0 rings (SSSR count). The number of esters is 2. The van der Waals surface area contributed by atoms with Crippen molar-refractivity contribution in [2.75, 3.05) is 6.61 Å². The number of ether oxygens (including phenoxy) is 2. The fourth-order valence-electron chi connectivity index (χ4n) is 1.57. The first kappa shape index (κ1) is 18.4. The Balaban J connectivity index is 4.77. The topological polar surface area (TPSA) is 52.6 Å². The van der Waals surface area contributed by atoms with Crippen LogP contribution in [0.4, 0.5) is 0 Å². The number of rotatable bonds is 8. The van der Waals surface area contributed by atoms with E-state index in [9.17, 15) is 9.59 Å². The van der Waals surface area contributed by atoms with Crippen molar-refractivity contribution in [1.82, 2.24) is 0 Å². The molecule has 4 heteroatoms. The summed E-state index contributed by atoms with van der Waals surface area (Å²) in [6, 6.07) is 0. The summed E-state index contributed by atoms with van der Waals surface area (Å²) >= 11 is 0. The van der Waals surface area contributed by atoms with Crippen LogP contribution in [0.3, 0.4) is 0 Å². The maximum absolute atomic E-state index is 11.7. The van der Waals surface area contributed by atoms with Crippen LogP contribution in [0.5, 0.6) is 0 Å². The standard InChI is InChI=1S/C16H26O4/c1-8-9-13(20-15(18)12(4)5)16(6,7)10-19-14(17)11(2)3/h13H,2,4,8-10H2,1,3,5-7H3. The van der Waals surface area contributed by atoms with Gasteiger partial charge in [-0.05, 0) is 20.3 Å². The zero-order valence-corrected chi connectivity index (χ0v) is 13.2. The molecule has 0 aliphatic rings. The highest BCUT2D eigenvalue weighted by atomic mass is 16.6. The average molecular weight is 282 g/mol. The van der Waals surface area contributed by atoms with Gasteiger partial charge in [0.15, 0.2) is 0 Å². The maximum Gasteiger partial charge on any atom is 0.333 e. The normalized spacial score (nSPS) is 12.4. The third-order valence-corrected chi connectivity index (χ3v) is 2.94. The molecule has 0 heterocycles. The summed E-state index contributed by atoms with van der Waals surface area (Å²) < 4.78 is 10.6. The van der Waals surface area contributed by atoms with E-state index in [1.807, 2.05) is 20.8 Å². The monoisotopic (exact) mass is 282 g/mol. The van der Waals surface area contributed by atoms with Gasteiger partial charge in [0.05, 0.1) is 0 Å². The predicted octanol–water partition coefficient (Wildman–Crippen LogP) is 3.42. The van der Waals surface area contributed by atoms with Crippen LogP contribution >= 0.6 is 0 Å². The molecular formula is C16H26O4. The van der Waals surface area contributed by atoms with E-state index >= 15 is 0 Å². The molecule has 0 aromatic heterocycles. The molecule has 1 atom stereocenters. The minimum absolute atomic E-state index is 0.173. The zero-order valence-electron chi connectivity index (χ0n) is 13.2. The van der Waals surface area contributed by atoms with E-state index in [0.29, 0.717) is 17.6 Å². The summed E-state index contributed by atoms with van der Waals surface area (Å²) in [5.41, 5.74) is 0.249. The van der Waals surface area contributed by atoms with Gasteiger partial charge in [0.2, 0.25) is 0 Å². The largest absolute Gasteiger partial charge is 0.462 e. The molecule has 0 spiro atoms. The molecule has 0 aromatic carbocycles. The van der Waals surface area contributed by atoms with Gasteiger partial charge in [0, 0.05) is 16.6 Å². The molecular weight excluding hydrogens is 256 g/mol. The van der Waals surface area contributed by atoms with Crippen molar-refractivity contribution in [1.29, 1.82) is 0 Å². The third kappa shape index (κ3) is 6.04. The number of hydrogen-bond donors (Lipinski definition) is 0. The summed E-state index contributed by atoms with van der Waals surface area (Å²) in [5, 5.41) is 0. The molecule has 0 amide bonds. The van der Waals surface area contributed by atoms with Crippen LogP contribution in [-0.2, 0) is 19.1 Å². The first-order chi connectivity index (χ1) is 9.11. The van der Waals surface area contributed by atoms with Crippen molar-refractivity contribution in [2.45, 2.75) is 53.6 Å². The Hall–Kier alpha value is -1.58. The van der Waals surface area contributed by atoms with Crippen molar-refractivity contribution in [3.63, 3.8) is 0 Å². The van der Waals surface area contributed by atoms with Gasteiger partial charge in [-0.1, -0.05) is 40.3 Å². The first-order valence-corrected chi connectivity index (χ1v) is 6.81. The van der Waals surface area contributed by atoms with Crippen LogP contribution in [0.1, 0.15) is 47.5 Å². The fourth-order valence-corrected chi connectivity index (χ4v) is 1.57. The van der Waals surface area contributed by atoms with Crippen LogP contribution in [-0.4, -0.2) is 24.6 Å². The molecule has 0 saturated heterocycles. The van der Waals surface area contributed by atoms with E-state index in [2.05, 4.69) is 13.2 Å². The molecule has 114 valence electrons. The molecule has 0 saturated carbocycles. The Morgan fingerprint density at radius 1 is 1.10 bits per heavy atom. The second-order valence-electron chi connectivity index (χ2n) is 5.81. The summed E-state index contributed by atoms with van der Waals surface area (Å²) in [6.45, 7) is 16.3. The fraction of sp³-hybridized carbons (Fsp3) is 0.625. The molecule has 0 fully saturated rings. The molecule has 0 aromatic rings. The minimum Gasteiger partial charge on any atom is -0.462 e. The van der Waals surface area contributed by atoms with Crippen molar-refractivity contribution in [3.8, 4) is 0 Å². The van der Waals surface area contributed by atoms with E-state index in [1.54, 1.807) is 13.8 Å². The lowest BCUT2D eigenvalue weighted by molar-refractivity contribution is -0.157. The lowest BCUT2D eigenvalue weighted by Gasteiger charge is -2.33. The van der Waals surface area contributed by atoms with Gasteiger partial charge in [-0.3, -0.25) is 0 Å². The van der Waals surface area contributed by atoms with Gasteiger partial charge in [-0.25, -0.2) is 9.59 Å². The van der Waals surface area contributed by atoms with Gasteiger partial charge < -0.3 is 9.47 Å². The second kappa shape index (κ2) is 7.88. The van der Waals surface area contributed by atoms with Crippen molar-refractivity contribution < 1.29 is 19.1 Å². The van der Waals surface area contributed by atoms with Crippen LogP contribution in [0.25, 0.3) is 0 Å². The highest BCUT2D eigenvalue weighted by Crippen LogP contribution is 2.28. The van der Waals surface area contributed by atoms with Crippen LogP contribution in [0, 0.1) is 5.41 Å².